The summed E-state index contributed by atoms with van der Waals surface area (Å²) in [6.45, 7) is 7.34. The van der Waals surface area contributed by atoms with Crippen molar-refractivity contribution in [2.45, 2.75) is 46.1 Å². The largest absolute Gasteiger partial charge is 0.342 e. The van der Waals surface area contributed by atoms with Gasteiger partial charge < -0.3 is 10.6 Å². The van der Waals surface area contributed by atoms with Crippen molar-refractivity contribution in [1.29, 1.82) is 0 Å². The van der Waals surface area contributed by atoms with Crippen LogP contribution < -0.4 is 11.3 Å². The van der Waals surface area contributed by atoms with Crippen molar-refractivity contribution >= 4 is 29.3 Å². The average Bonchev–Trinajstić information content (AvgIpc) is 2.85. The van der Waals surface area contributed by atoms with Gasteiger partial charge in [-0.3, -0.25) is 19.4 Å². The molecule has 144 valence electrons. The molecule has 1 atom stereocenters. The zero-order valence-electron chi connectivity index (χ0n) is 15.8. The molecule has 0 radical (unpaired) electrons. The molecule has 1 unspecified atom stereocenters. The van der Waals surface area contributed by atoms with Gasteiger partial charge in [0, 0.05) is 31.9 Å². The van der Waals surface area contributed by atoms with Crippen LogP contribution in [0.15, 0.2) is 4.79 Å². The third kappa shape index (κ3) is 3.64. The first-order valence-electron chi connectivity index (χ1n) is 8.87. The predicted molar refractivity (Wildman–Crippen MR) is 105 cm³/mol. The molecule has 8 heteroatoms. The number of rotatable bonds is 3. The first-order valence-corrected chi connectivity index (χ1v) is 8.87. The van der Waals surface area contributed by atoms with E-state index in [0.29, 0.717) is 17.0 Å². The van der Waals surface area contributed by atoms with Gasteiger partial charge in [0.1, 0.15) is 0 Å². The Morgan fingerprint density at radius 2 is 1.96 bits per heavy atom. The maximum atomic E-state index is 12.8. The molecule has 2 aromatic rings. The second kappa shape index (κ2) is 7.80. The number of fused-ring (bicyclic) bond motifs is 1. The van der Waals surface area contributed by atoms with E-state index in [1.807, 2.05) is 25.7 Å². The molecular weight excluding hydrogens is 354 g/mol. The number of carbonyl (C=O) groups is 1. The number of nitrogens with one attached hydrogen (secondary N) is 1. The molecule has 2 aromatic heterocycles. The standard InChI is InChI=1S/C18H27N5O2.ClH/c1-10-14(12(3)20-17-16(10)18(25)21-22(17)4)9-15(24)23-7-5-13(6-8-23)11(2)19;/h11,13H,5-9,19H2,1-4H3,(H,21,25);1H. The van der Waals surface area contributed by atoms with Crippen molar-refractivity contribution in [1.82, 2.24) is 19.7 Å². The molecule has 1 saturated heterocycles. The fourth-order valence-electron chi connectivity index (χ4n) is 3.85. The van der Waals surface area contributed by atoms with E-state index in [2.05, 4.69) is 10.1 Å². The topological polar surface area (TPSA) is 97.0 Å². The van der Waals surface area contributed by atoms with E-state index in [1.54, 1.807) is 11.7 Å². The number of carbonyl (C=O) groups excluding carboxylic acids is 1. The summed E-state index contributed by atoms with van der Waals surface area (Å²) in [5, 5.41) is 3.31. The van der Waals surface area contributed by atoms with Crippen LogP contribution in [0.5, 0.6) is 0 Å². The van der Waals surface area contributed by atoms with E-state index in [-0.39, 0.29) is 36.3 Å². The zero-order valence-corrected chi connectivity index (χ0v) is 16.7. The number of aromatic nitrogens is 3. The molecular formula is C18H28ClN5O2. The molecule has 0 aliphatic carbocycles. The van der Waals surface area contributed by atoms with E-state index >= 15 is 0 Å². The van der Waals surface area contributed by atoms with E-state index in [1.165, 1.54) is 0 Å². The third-order valence-corrected chi connectivity index (χ3v) is 5.54. The number of aryl methyl sites for hydroxylation is 3. The maximum Gasteiger partial charge on any atom is 0.273 e. The number of nitrogens with zero attached hydrogens (tertiary/aromatic N) is 3. The van der Waals surface area contributed by atoms with Gasteiger partial charge in [-0.15, -0.1) is 12.4 Å². The third-order valence-electron chi connectivity index (χ3n) is 5.54. The summed E-state index contributed by atoms with van der Waals surface area (Å²) < 4.78 is 1.63. The SMILES string of the molecule is Cc1nc2c(c(C)c1CC(=O)N1CCC(C(C)N)CC1)c(=O)[nH]n2C.Cl. The smallest absolute Gasteiger partial charge is 0.273 e. The monoisotopic (exact) mass is 381 g/mol. The van der Waals surface area contributed by atoms with E-state index in [9.17, 15) is 9.59 Å². The Kier molecular flexibility index (Phi) is 6.13. The molecule has 1 aliphatic heterocycles. The second-order valence-electron chi connectivity index (χ2n) is 7.25. The van der Waals surface area contributed by atoms with Crippen LogP contribution in [0.1, 0.15) is 36.6 Å². The summed E-state index contributed by atoms with van der Waals surface area (Å²) in [7, 11) is 1.77. The van der Waals surface area contributed by atoms with Crippen molar-refractivity contribution in [3.63, 3.8) is 0 Å². The lowest BCUT2D eigenvalue weighted by Gasteiger charge is -2.34. The van der Waals surface area contributed by atoms with Gasteiger partial charge in [-0.25, -0.2) is 4.98 Å². The quantitative estimate of drug-likeness (QED) is 0.840. The van der Waals surface area contributed by atoms with Crippen molar-refractivity contribution in [2.75, 3.05) is 13.1 Å². The summed E-state index contributed by atoms with van der Waals surface area (Å²) in [4.78, 5) is 31.3. The molecule has 3 heterocycles. The molecule has 3 rings (SSSR count). The Bertz CT molecular complexity index is 863. The summed E-state index contributed by atoms with van der Waals surface area (Å²) >= 11 is 0. The number of amides is 1. The fourth-order valence-corrected chi connectivity index (χ4v) is 3.85. The lowest BCUT2D eigenvalue weighted by atomic mass is 9.90. The van der Waals surface area contributed by atoms with Gasteiger partial charge in [-0.2, -0.15) is 0 Å². The molecule has 1 amide bonds. The number of aromatic amines is 1. The Labute approximate surface area is 159 Å². The minimum absolute atomic E-state index is 0. The Morgan fingerprint density at radius 1 is 1.35 bits per heavy atom. The van der Waals surface area contributed by atoms with Gasteiger partial charge in [0.2, 0.25) is 5.91 Å². The molecule has 1 aliphatic rings. The van der Waals surface area contributed by atoms with E-state index < -0.39 is 0 Å². The van der Waals surface area contributed by atoms with Crippen molar-refractivity contribution in [2.24, 2.45) is 18.7 Å². The second-order valence-corrected chi connectivity index (χ2v) is 7.25. The number of hydrogen-bond donors (Lipinski definition) is 2. The Morgan fingerprint density at radius 3 is 2.54 bits per heavy atom. The highest BCUT2D eigenvalue weighted by Crippen LogP contribution is 2.23. The summed E-state index contributed by atoms with van der Waals surface area (Å²) in [6, 6.07) is 0.179. The number of hydrogen-bond acceptors (Lipinski definition) is 4. The van der Waals surface area contributed by atoms with Crippen LogP contribution in [-0.2, 0) is 18.3 Å². The molecule has 0 aromatic carbocycles. The van der Waals surface area contributed by atoms with Gasteiger partial charge in [-0.05, 0) is 50.7 Å². The van der Waals surface area contributed by atoms with E-state index in [4.69, 9.17) is 5.73 Å². The van der Waals surface area contributed by atoms with Gasteiger partial charge in [-0.1, -0.05) is 0 Å². The van der Waals surface area contributed by atoms with E-state index in [0.717, 1.165) is 42.8 Å². The van der Waals surface area contributed by atoms with Crippen molar-refractivity contribution < 1.29 is 4.79 Å². The molecule has 7 nitrogen and oxygen atoms in total. The average molecular weight is 382 g/mol. The van der Waals surface area contributed by atoms with Crippen LogP contribution in [0, 0.1) is 19.8 Å². The number of piperidine rings is 1. The van der Waals surface area contributed by atoms with Gasteiger partial charge >= 0.3 is 0 Å². The van der Waals surface area contributed by atoms with Crippen LogP contribution in [0.2, 0.25) is 0 Å². The molecule has 3 N–H and O–H groups in total. The number of nitrogens with two attached hydrogens (primary N) is 1. The summed E-state index contributed by atoms with van der Waals surface area (Å²) in [6.07, 6.45) is 2.20. The molecule has 0 bridgehead atoms. The van der Waals surface area contributed by atoms with Crippen molar-refractivity contribution in [3.8, 4) is 0 Å². The van der Waals surface area contributed by atoms with Crippen LogP contribution >= 0.6 is 12.4 Å². The lowest BCUT2D eigenvalue weighted by Crippen LogP contribution is -2.43. The summed E-state index contributed by atoms with van der Waals surface area (Å²) in [5.41, 5.74) is 8.97. The van der Waals surface area contributed by atoms with Gasteiger partial charge in [0.05, 0.1) is 11.8 Å². The number of likely N-dealkylation sites (tertiary alicyclic amines) is 1. The number of halogens is 1. The molecule has 0 spiro atoms. The highest BCUT2D eigenvalue weighted by molar-refractivity contribution is 5.85. The fraction of sp³-hybridized carbons (Fsp3) is 0.611. The number of pyridine rings is 1. The minimum atomic E-state index is -0.158. The highest BCUT2D eigenvalue weighted by Gasteiger charge is 2.26. The van der Waals surface area contributed by atoms with Crippen LogP contribution in [0.25, 0.3) is 11.0 Å². The maximum absolute atomic E-state index is 12.8. The van der Waals surface area contributed by atoms with Gasteiger partial charge in [0.15, 0.2) is 5.65 Å². The molecule has 26 heavy (non-hydrogen) atoms. The first kappa shape index (κ1) is 20.5. The molecule has 1 fully saturated rings. The highest BCUT2D eigenvalue weighted by atomic mass is 35.5. The predicted octanol–water partition coefficient (Wildman–Crippen LogP) is 1.43. The Balaban J connectivity index is 0.00000243. The van der Waals surface area contributed by atoms with Crippen LogP contribution in [-0.4, -0.2) is 44.7 Å². The number of H-pyrrole nitrogens is 1. The van der Waals surface area contributed by atoms with Crippen LogP contribution in [0.4, 0.5) is 0 Å². The molecule has 0 saturated carbocycles. The normalized spacial score (nSPS) is 16.6. The lowest BCUT2D eigenvalue weighted by molar-refractivity contribution is -0.131. The zero-order chi connectivity index (χ0) is 18.3. The summed E-state index contributed by atoms with van der Waals surface area (Å²) in [5.74, 6) is 0.594. The van der Waals surface area contributed by atoms with Gasteiger partial charge in [0.25, 0.3) is 5.56 Å². The van der Waals surface area contributed by atoms with Crippen molar-refractivity contribution in [3.05, 3.63) is 27.2 Å². The Hall–Kier alpha value is -1.86. The minimum Gasteiger partial charge on any atom is -0.342 e. The first-order chi connectivity index (χ1) is 11.8. The van der Waals surface area contributed by atoms with Crippen LogP contribution in [0.3, 0.4) is 0 Å².